The molecule has 2 N–H and O–H groups in total. The number of carboxylic acids is 1. The number of nitro groups is 1. The van der Waals surface area contributed by atoms with Gasteiger partial charge in [0, 0.05) is 23.2 Å². The standard InChI is InChI=1S/C11H13ClN2O4/c1-11(2,10(15)16)13-6-7-3-4-8(12)5-9(7)14(17)18/h3-5,13H,6H2,1-2H3,(H,15,16). The third kappa shape index (κ3) is 3.41. The molecular weight excluding hydrogens is 260 g/mol. The summed E-state index contributed by atoms with van der Waals surface area (Å²) in [5.41, 5.74) is -0.900. The Bertz CT molecular complexity index is 488. The van der Waals surface area contributed by atoms with Crippen LogP contribution >= 0.6 is 11.6 Å². The van der Waals surface area contributed by atoms with E-state index in [1.54, 1.807) is 0 Å². The summed E-state index contributed by atoms with van der Waals surface area (Å²) in [6.45, 7) is 3.04. The van der Waals surface area contributed by atoms with Crippen LogP contribution in [0, 0.1) is 10.1 Å². The maximum atomic E-state index is 10.9. The van der Waals surface area contributed by atoms with E-state index in [0.717, 1.165) is 0 Å². The van der Waals surface area contributed by atoms with Gasteiger partial charge in [-0.25, -0.2) is 0 Å². The first-order chi connectivity index (χ1) is 8.24. The summed E-state index contributed by atoms with van der Waals surface area (Å²) in [4.78, 5) is 21.2. The van der Waals surface area contributed by atoms with E-state index < -0.39 is 16.4 Å². The molecule has 1 aromatic rings. The molecule has 0 saturated carbocycles. The number of nitro benzene ring substituents is 1. The number of hydrogen-bond donors (Lipinski definition) is 2. The smallest absolute Gasteiger partial charge is 0.323 e. The van der Waals surface area contributed by atoms with Crippen LogP contribution in [-0.4, -0.2) is 21.5 Å². The predicted molar refractivity (Wildman–Crippen MR) is 66.7 cm³/mol. The van der Waals surface area contributed by atoms with Crippen LogP contribution < -0.4 is 5.32 Å². The summed E-state index contributed by atoms with van der Waals surface area (Å²) in [6.07, 6.45) is 0. The average molecular weight is 273 g/mol. The van der Waals surface area contributed by atoms with Crippen LogP contribution in [-0.2, 0) is 11.3 Å². The van der Waals surface area contributed by atoms with Crippen LogP contribution in [0.1, 0.15) is 19.4 Å². The van der Waals surface area contributed by atoms with Gasteiger partial charge in [0.1, 0.15) is 5.54 Å². The normalized spacial score (nSPS) is 11.3. The molecule has 1 rings (SSSR count). The molecule has 0 radical (unpaired) electrons. The molecule has 18 heavy (non-hydrogen) atoms. The molecule has 0 aliphatic heterocycles. The van der Waals surface area contributed by atoms with Gasteiger partial charge in [0.05, 0.1) is 4.92 Å². The summed E-state index contributed by atoms with van der Waals surface area (Å²) in [5.74, 6) is -1.03. The third-order valence-corrected chi connectivity index (χ3v) is 2.73. The Morgan fingerprint density at radius 1 is 1.56 bits per heavy atom. The van der Waals surface area contributed by atoms with Gasteiger partial charge in [-0.3, -0.25) is 20.2 Å². The number of rotatable bonds is 5. The number of benzene rings is 1. The zero-order valence-electron chi connectivity index (χ0n) is 9.94. The topological polar surface area (TPSA) is 92.5 Å². The van der Waals surface area contributed by atoms with Gasteiger partial charge >= 0.3 is 5.97 Å². The number of carbonyl (C=O) groups is 1. The van der Waals surface area contributed by atoms with Gasteiger partial charge < -0.3 is 5.11 Å². The molecule has 0 aliphatic rings. The van der Waals surface area contributed by atoms with Crippen molar-refractivity contribution in [2.24, 2.45) is 0 Å². The van der Waals surface area contributed by atoms with Crippen molar-refractivity contribution in [1.29, 1.82) is 0 Å². The number of halogens is 1. The van der Waals surface area contributed by atoms with E-state index in [1.807, 2.05) is 0 Å². The van der Waals surface area contributed by atoms with Crippen molar-refractivity contribution in [3.05, 3.63) is 38.9 Å². The van der Waals surface area contributed by atoms with Crippen LogP contribution in [0.4, 0.5) is 5.69 Å². The minimum absolute atomic E-state index is 0.0762. The van der Waals surface area contributed by atoms with Crippen LogP contribution in [0.5, 0.6) is 0 Å². The lowest BCUT2D eigenvalue weighted by Crippen LogP contribution is -2.46. The molecule has 0 atom stereocenters. The zero-order chi connectivity index (χ0) is 13.9. The molecule has 0 bridgehead atoms. The van der Waals surface area contributed by atoms with Crippen molar-refractivity contribution in [3.63, 3.8) is 0 Å². The van der Waals surface area contributed by atoms with Gasteiger partial charge in [-0.1, -0.05) is 11.6 Å². The fourth-order valence-corrected chi connectivity index (χ4v) is 1.41. The molecule has 0 aromatic heterocycles. The Morgan fingerprint density at radius 3 is 2.67 bits per heavy atom. The summed E-state index contributed by atoms with van der Waals surface area (Å²) in [5, 5.41) is 22.8. The molecule has 0 saturated heterocycles. The van der Waals surface area contributed by atoms with E-state index >= 15 is 0 Å². The number of aliphatic carboxylic acids is 1. The average Bonchev–Trinajstić information content (AvgIpc) is 2.27. The monoisotopic (exact) mass is 272 g/mol. The number of nitrogens with zero attached hydrogens (tertiary/aromatic N) is 1. The molecule has 98 valence electrons. The lowest BCUT2D eigenvalue weighted by atomic mass is 10.1. The Kier molecular flexibility index (Phi) is 4.26. The Hall–Kier alpha value is -1.66. The SMILES string of the molecule is CC(C)(NCc1ccc(Cl)cc1[N+](=O)[O-])C(=O)O. The van der Waals surface area contributed by atoms with Gasteiger partial charge in [-0.05, 0) is 26.0 Å². The van der Waals surface area contributed by atoms with Crippen molar-refractivity contribution < 1.29 is 14.8 Å². The molecule has 1 aromatic carbocycles. The molecule has 7 heteroatoms. The molecule has 0 heterocycles. The second-order valence-corrected chi connectivity index (χ2v) is 4.75. The van der Waals surface area contributed by atoms with Gasteiger partial charge in [0.2, 0.25) is 0 Å². The zero-order valence-corrected chi connectivity index (χ0v) is 10.7. The van der Waals surface area contributed by atoms with Crippen LogP contribution in [0.25, 0.3) is 0 Å². The van der Waals surface area contributed by atoms with Gasteiger partial charge in [-0.15, -0.1) is 0 Å². The van der Waals surface area contributed by atoms with Crippen LogP contribution in [0.3, 0.4) is 0 Å². The van der Waals surface area contributed by atoms with Crippen LogP contribution in [0.15, 0.2) is 18.2 Å². The van der Waals surface area contributed by atoms with Crippen molar-refractivity contribution >= 4 is 23.3 Å². The predicted octanol–water partition coefficient (Wildman–Crippen LogP) is 2.20. The summed E-state index contributed by atoms with van der Waals surface area (Å²) >= 11 is 5.68. The lowest BCUT2D eigenvalue weighted by Gasteiger charge is -2.20. The number of carboxylic acid groups (broad SMARTS) is 1. The first-order valence-corrected chi connectivity index (χ1v) is 5.53. The third-order valence-electron chi connectivity index (χ3n) is 2.50. The van der Waals surface area contributed by atoms with E-state index in [2.05, 4.69) is 5.32 Å². The highest BCUT2D eigenvalue weighted by Crippen LogP contribution is 2.23. The maximum absolute atomic E-state index is 10.9. The maximum Gasteiger partial charge on any atom is 0.323 e. The summed E-state index contributed by atoms with van der Waals surface area (Å²) < 4.78 is 0. The highest BCUT2D eigenvalue weighted by molar-refractivity contribution is 6.30. The van der Waals surface area contributed by atoms with Crippen molar-refractivity contribution in [2.75, 3.05) is 0 Å². The number of hydrogen-bond acceptors (Lipinski definition) is 4. The van der Waals surface area contributed by atoms with Gasteiger partial charge in [0.15, 0.2) is 0 Å². The van der Waals surface area contributed by atoms with Crippen molar-refractivity contribution in [2.45, 2.75) is 25.9 Å². The quantitative estimate of drug-likeness (QED) is 0.633. The van der Waals surface area contributed by atoms with E-state index in [-0.39, 0.29) is 17.3 Å². The fourth-order valence-electron chi connectivity index (χ4n) is 1.25. The second kappa shape index (κ2) is 5.32. The van der Waals surface area contributed by atoms with Crippen molar-refractivity contribution in [1.82, 2.24) is 5.32 Å². The first-order valence-electron chi connectivity index (χ1n) is 5.15. The highest BCUT2D eigenvalue weighted by atomic mass is 35.5. The largest absolute Gasteiger partial charge is 0.480 e. The molecule has 0 amide bonds. The minimum atomic E-state index is -1.16. The fraction of sp³-hybridized carbons (Fsp3) is 0.364. The summed E-state index contributed by atoms with van der Waals surface area (Å²) in [6, 6.07) is 4.27. The Morgan fingerprint density at radius 2 is 2.17 bits per heavy atom. The molecule has 6 nitrogen and oxygen atoms in total. The summed E-state index contributed by atoms with van der Waals surface area (Å²) in [7, 11) is 0. The molecular formula is C11H13ClN2O4. The van der Waals surface area contributed by atoms with Crippen LogP contribution in [0.2, 0.25) is 5.02 Å². The van der Waals surface area contributed by atoms with Gasteiger partial charge in [0.25, 0.3) is 5.69 Å². The van der Waals surface area contributed by atoms with Crippen molar-refractivity contribution in [3.8, 4) is 0 Å². The van der Waals surface area contributed by atoms with E-state index in [9.17, 15) is 14.9 Å². The van der Waals surface area contributed by atoms with Gasteiger partial charge in [-0.2, -0.15) is 0 Å². The van der Waals surface area contributed by atoms with E-state index in [1.165, 1.54) is 32.0 Å². The van der Waals surface area contributed by atoms with E-state index in [0.29, 0.717) is 5.56 Å². The molecule has 0 aliphatic carbocycles. The first kappa shape index (κ1) is 14.4. The highest BCUT2D eigenvalue weighted by Gasteiger charge is 2.27. The number of nitrogens with one attached hydrogen (secondary N) is 1. The van der Waals surface area contributed by atoms with E-state index in [4.69, 9.17) is 16.7 Å². The Balaban J connectivity index is 2.92. The lowest BCUT2D eigenvalue weighted by molar-refractivity contribution is -0.385. The second-order valence-electron chi connectivity index (χ2n) is 4.31. The Labute approximate surface area is 109 Å². The minimum Gasteiger partial charge on any atom is -0.480 e. The molecule has 0 unspecified atom stereocenters. The molecule has 0 spiro atoms. The molecule has 0 fully saturated rings.